The van der Waals surface area contributed by atoms with Crippen molar-refractivity contribution in [2.75, 3.05) is 25.4 Å². The summed E-state index contributed by atoms with van der Waals surface area (Å²) in [5, 5.41) is 14.4. The van der Waals surface area contributed by atoms with E-state index in [4.69, 9.17) is 14.5 Å². The van der Waals surface area contributed by atoms with E-state index in [9.17, 15) is 52.2 Å². The van der Waals surface area contributed by atoms with Crippen LogP contribution in [0.1, 0.15) is 90.3 Å². The van der Waals surface area contributed by atoms with Crippen LogP contribution in [0.25, 0.3) is 6.08 Å². The number of urea groups is 1. The Balaban J connectivity index is 0.00000961. The molecule has 0 saturated carbocycles. The molecule has 28 heteroatoms. The van der Waals surface area contributed by atoms with E-state index in [1.807, 2.05) is 11.8 Å². The third kappa shape index (κ3) is 17.4. The lowest BCUT2D eigenvalue weighted by atomic mass is 10.0. The summed E-state index contributed by atoms with van der Waals surface area (Å²) < 4.78 is 52.7. The molecule has 0 spiro atoms. The minimum atomic E-state index is -5.70. The van der Waals surface area contributed by atoms with Crippen molar-refractivity contribution >= 4 is 65.1 Å². The number of carbonyl (C=O) groups excluding carboxylic acids is 4. The molecule has 0 bridgehead atoms. The number of hydrogen-bond donors (Lipinski definition) is 10. The van der Waals surface area contributed by atoms with E-state index >= 15 is 0 Å². The average Bonchev–Trinajstić information content (AvgIpc) is 3.85. The fraction of sp³-hybridized carbons (Fsp3) is 0.677. The van der Waals surface area contributed by atoms with Crippen LogP contribution in [0.15, 0.2) is 22.0 Å². The van der Waals surface area contributed by atoms with Gasteiger partial charge in [0.25, 0.3) is 5.56 Å². The number of H-pyrrole nitrogens is 1. The molecule has 3 saturated heterocycles. The third-order valence-electron chi connectivity index (χ3n) is 9.12. The van der Waals surface area contributed by atoms with Gasteiger partial charge in [-0.2, -0.15) is 20.4 Å². The number of carbonyl (C=O) groups is 4. The lowest BCUT2D eigenvalue weighted by Crippen LogP contribution is -2.36. The Bertz CT molecular complexity index is 1950. The van der Waals surface area contributed by atoms with E-state index in [1.54, 1.807) is 0 Å². The average molecular weight is 920 g/mol. The van der Waals surface area contributed by atoms with Crippen LogP contribution in [0.3, 0.4) is 0 Å². The van der Waals surface area contributed by atoms with Gasteiger partial charge in [-0.3, -0.25) is 33.3 Å². The van der Waals surface area contributed by atoms with Gasteiger partial charge in [0, 0.05) is 57.2 Å². The Kier molecular flexibility index (Phi) is 18.6. The zero-order valence-corrected chi connectivity index (χ0v) is 35.2. The standard InChI is InChI=1S/C31H50N7O17P3S.H2/c39-24(8-2-1-5-14-32-25(40)9-4-3-7-23-28-22(19-59-23)35-30(43)36-28)33-15-6-10-26(41)34-16-13-20-17-38(31(44)37-29(20)42)27-12-11-21(53-27)18-52-57(48,49)55-58(50,51)54-56(45,46)47;/h13,16-17,21-23,27-28H,1-12,14-15,18-19H2,(H,32,40)(H,33,39)(H,34,41)(H,48,49)(H,50,51)(H2,35,36,43)(H,37,42,44)(H2,45,46,47);1H/b16-13+;/t21-,22-,23-,27+,28?;/m0./s1. The summed E-state index contributed by atoms with van der Waals surface area (Å²) in [7, 11) is -16.6. The molecular weight excluding hydrogens is 867 g/mol. The largest absolute Gasteiger partial charge is 0.490 e. The number of amides is 5. The molecule has 3 aliphatic heterocycles. The van der Waals surface area contributed by atoms with Crippen molar-refractivity contribution in [3.63, 3.8) is 0 Å². The molecule has 10 N–H and O–H groups in total. The molecule has 0 radical (unpaired) electrons. The molecule has 1 aromatic heterocycles. The van der Waals surface area contributed by atoms with Crippen LogP contribution in [0.2, 0.25) is 0 Å². The van der Waals surface area contributed by atoms with Gasteiger partial charge < -0.3 is 50.9 Å². The summed E-state index contributed by atoms with van der Waals surface area (Å²) in [6.07, 6.45) is 7.93. The Morgan fingerprint density at radius 2 is 1.56 bits per heavy atom. The van der Waals surface area contributed by atoms with Crippen molar-refractivity contribution < 1.29 is 71.8 Å². The van der Waals surface area contributed by atoms with E-state index < -0.39 is 59.6 Å². The van der Waals surface area contributed by atoms with E-state index in [1.165, 1.54) is 12.3 Å². The van der Waals surface area contributed by atoms with Crippen LogP contribution in [0, 0.1) is 0 Å². The Morgan fingerprint density at radius 1 is 0.881 bits per heavy atom. The molecule has 1 aromatic rings. The molecule has 59 heavy (non-hydrogen) atoms. The van der Waals surface area contributed by atoms with E-state index in [-0.39, 0.29) is 62.7 Å². The number of hydrogen-bond acceptors (Lipinski definition) is 14. The molecular formula is C31H52N7O17P3S. The molecule has 5 amide bonds. The molecule has 4 heterocycles. The monoisotopic (exact) mass is 919 g/mol. The summed E-state index contributed by atoms with van der Waals surface area (Å²) in [4.78, 5) is 111. The lowest BCUT2D eigenvalue weighted by Gasteiger charge is -2.19. The van der Waals surface area contributed by atoms with Gasteiger partial charge >= 0.3 is 35.2 Å². The normalized spacial score (nSPS) is 23.5. The molecule has 4 rings (SSSR count). The van der Waals surface area contributed by atoms with Gasteiger partial charge in [0.15, 0.2) is 0 Å². The van der Waals surface area contributed by atoms with Gasteiger partial charge in [0.2, 0.25) is 17.7 Å². The van der Waals surface area contributed by atoms with E-state index in [0.717, 1.165) is 48.6 Å². The number of rotatable bonds is 25. The van der Waals surface area contributed by atoms with Gasteiger partial charge in [0.05, 0.1) is 30.4 Å². The second kappa shape index (κ2) is 22.6. The zero-order valence-electron chi connectivity index (χ0n) is 31.7. The molecule has 24 nitrogen and oxygen atoms in total. The van der Waals surface area contributed by atoms with Crippen LogP contribution < -0.4 is 37.8 Å². The number of thioether (sulfide) groups is 1. The van der Waals surface area contributed by atoms with Crippen molar-refractivity contribution in [1.29, 1.82) is 0 Å². The number of phosphoric ester groups is 1. The second-order valence-electron chi connectivity index (χ2n) is 13.8. The molecule has 0 aromatic carbocycles. The molecule has 3 fully saturated rings. The van der Waals surface area contributed by atoms with Gasteiger partial charge in [0.1, 0.15) is 6.23 Å². The first-order valence-electron chi connectivity index (χ1n) is 18.8. The highest BCUT2D eigenvalue weighted by Gasteiger charge is 2.43. The van der Waals surface area contributed by atoms with Crippen molar-refractivity contribution in [2.45, 2.75) is 107 Å². The summed E-state index contributed by atoms with van der Waals surface area (Å²) in [5.74, 6) is 0.364. The van der Waals surface area contributed by atoms with Crippen LogP contribution in [0.5, 0.6) is 0 Å². The second-order valence-corrected chi connectivity index (χ2v) is 19.5. The first-order chi connectivity index (χ1) is 27.8. The lowest BCUT2D eigenvalue weighted by molar-refractivity contribution is -0.122. The minimum Gasteiger partial charge on any atom is -0.356 e. The fourth-order valence-electron chi connectivity index (χ4n) is 6.37. The highest BCUT2D eigenvalue weighted by molar-refractivity contribution is 8.00. The minimum absolute atomic E-state index is 0. The molecule has 0 aliphatic carbocycles. The number of phosphoric acid groups is 3. The van der Waals surface area contributed by atoms with Gasteiger partial charge in [-0.15, -0.1) is 0 Å². The maximum atomic E-state index is 12.5. The number of nitrogens with one attached hydrogen (secondary N) is 6. The first-order valence-corrected chi connectivity index (χ1v) is 24.3. The number of aromatic nitrogens is 2. The predicted octanol–water partition coefficient (Wildman–Crippen LogP) is 1.19. The van der Waals surface area contributed by atoms with Gasteiger partial charge in [-0.25, -0.2) is 23.3 Å². The number of unbranched alkanes of at least 4 members (excludes halogenated alkanes) is 3. The fourth-order valence-corrected chi connectivity index (χ4v) is 11.0. The topological polar surface area (TPSA) is 352 Å². The first kappa shape index (κ1) is 48.5. The number of aromatic amines is 1. The van der Waals surface area contributed by atoms with Crippen LogP contribution >= 0.6 is 35.2 Å². The SMILES string of the molecule is O=C(CCCNC(=O)CCCCCNC(=O)CCCC[C@@H]1SC[C@@H]2NC(=O)NC21)N/C=C/c1cn([C@H]2CC[C@@H](COP(=O)(O)OP(=O)(O)OP(=O)(O)O)O2)c(=O)[nH]c1=O.[HH]. The Hall–Kier alpha value is -3.18. The van der Waals surface area contributed by atoms with Crippen LogP contribution in [-0.4, -0.2) is 102 Å². The summed E-state index contributed by atoms with van der Waals surface area (Å²) in [5.41, 5.74) is -1.66. The van der Waals surface area contributed by atoms with Crippen molar-refractivity contribution in [3.05, 3.63) is 38.8 Å². The predicted molar refractivity (Wildman–Crippen MR) is 211 cm³/mol. The van der Waals surface area contributed by atoms with Crippen molar-refractivity contribution in [3.8, 4) is 0 Å². The quantitative estimate of drug-likeness (QED) is 0.0374. The molecule has 7 atom stereocenters. The van der Waals surface area contributed by atoms with E-state index in [2.05, 4.69) is 44.7 Å². The molecule has 3 aliphatic rings. The Morgan fingerprint density at radius 3 is 2.27 bits per heavy atom. The number of fused-ring (bicyclic) bond motifs is 1. The number of ether oxygens (including phenoxy) is 1. The van der Waals surface area contributed by atoms with Crippen molar-refractivity contribution in [2.24, 2.45) is 0 Å². The highest BCUT2D eigenvalue weighted by Crippen LogP contribution is 2.66. The van der Waals surface area contributed by atoms with Gasteiger partial charge in [-0.1, -0.05) is 12.8 Å². The van der Waals surface area contributed by atoms with E-state index in [0.29, 0.717) is 37.5 Å². The smallest absolute Gasteiger partial charge is 0.356 e. The molecule has 334 valence electrons. The number of nitrogens with zero attached hydrogens (tertiary/aromatic N) is 1. The van der Waals surface area contributed by atoms with Crippen LogP contribution in [-0.2, 0) is 46.0 Å². The van der Waals surface area contributed by atoms with Gasteiger partial charge in [-0.05, 0) is 51.0 Å². The summed E-state index contributed by atoms with van der Waals surface area (Å²) >= 11 is 1.86. The highest BCUT2D eigenvalue weighted by atomic mass is 32.2. The maximum Gasteiger partial charge on any atom is 0.490 e. The Labute approximate surface area is 343 Å². The van der Waals surface area contributed by atoms with Crippen molar-refractivity contribution in [1.82, 2.24) is 36.1 Å². The zero-order chi connectivity index (χ0) is 43.2. The third-order valence-corrected chi connectivity index (χ3v) is 14.4. The maximum absolute atomic E-state index is 12.5. The summed E-state index contributed by atoms with van der Waals surface area (Å²) in [6.45, 7) is 0.0942. The molecule has 3 unspecified atom stereocenters. The van der Waals surface area contributed by atoms with Crippen LogP contribution in [0.4, 0.5) is 4.79 Å². The summed E-state index contributed by atoms with van der Waals surface area (Å²) in [6, 6.07) is 0.263.